The summed E-state index contributed by atoms with van der Waals surface area (Å²) in [5, 5.41) is 21.4. The fraction of sp³-hybridized carbons (Fsp3) is 0.231. The molecule has 2 aromatic heterocycles. The number of aromatic nitrogens is 3. The Hall–Kier alpha value is -4.22. The molecule has 0 radical (unpaired) electrons. The van der Waals surface area contributed by atoms with Gasteiger partial charge in [-0.15, -0.1) is 11.3 Å². The Bertz CT molecular complexity index is 1290. The van der Waals surface area contributed by atoms with Gasteiger partial charge in [-0.1, -0.05) is 18.2 Å². The Morgan fingerprint density at radius 3 is 2.41 bits per heavy atom. The first-order valence-electron chi connectivity index (χ1n) is 11.3. The Labute approximate surface area is 218 Å². The molecule has 2 aromatic carbocycles. The molecule has 2 heterocycles. The topological polar surface area (TPSA) is 136 Å². The SMILES string of the molecule is COc1cc(CNC(C)c2ccc(-n3ccnc3)cc2)ccc1OCc1csc(C)n1.O=C(O)C(=O)O. The van der Waals surface area contributed by atoms with Crippen molar-refractivity contribution in [2.45, 2.75) is 33.0 Å². The Balaban J connectivity index is 0.000000568. The number of imidazole rings is 1. The minimum Gasteiger partial charge on any atom is -0.493 e. The van der Waals surface area contributed by atoms with E-state index in [0.717, 1.165) is 40.0 Å². The Kier molecular flexibility index (Phi) is 9.76. The van der Waals surface area contributed by atoms with Gasteiger partial charge in [0.1, 0.15) is 6.61 Å². The second-order valence-corrected chi connectivity index (χ2v) is 8.97. The first-order valence-corrected chi connectivity index (χ1v) is 12.1. The molecule has 1 atom stereocenters. The number of rotatable bonds is 9. The van der Waals surface area contributed by atoms with Gasteiger partial charge in [0.2, 0.25) is 0 Å². The summed E-state index contributed by atoms with van der Waals surface area (Å²) in [7, 11) is 1.66. The zero-order valence-corrected chi connectivity index (χ0v) is 21.4. The summed E-state index contributed by atoms with van der Waals surface area (Å²) in [5.41, 5.74) is 4.40. The lowest BCUT2D eigenvalue weighted by molar-refractivity contribution is -0.159. The maximum absolute atomic E-state index is 9.10. The average Bonchev–Trinajstić information content (AvgIpc) is 3.59. The van der Waals surface area contributed by atoms with E-state index in [1.54, 1.807) is 31.0 Å². The summed E-state index contributed by atoms with van der Waals surface area (Å²) in [6, 6.07) is 14.7. The molecular formula is C26H28N4O6S. The number of thiazole rings is 1. The van der Waals surface area contributed by atoms with Gasteiger partial charge >= 0.3 is 11.9 Å². The van der Waals surface area contributed by atoms with Crippen LogP contribution in [0.2, 0.25) is 0 Å². The molecular weight excluding hydrogens is 496 g/mol. The van der Waals surface area contributed by atoms with Crippen molar-refractivity contribution in [3.8, 4) is 17.2 Å². The highest BCUT2D eigenvalue weighted by Gasteiger charge is 2.10. The molecule has 0 aliphatic carbocycles. The van der Waals surface area contributed by atoms with E-state index < -0.39 is 11.9 Å². The summed E-state index contributed by atoms with van der Waals surface area (Å²) in [6.07, 6.45) is 5.52. The maximum Gasteiger partial charge on any atom is 0.414 e. The number of hydrogen-bond acceptors (Lipinski definition) is 8. The molecule has 0 aliphatic heterocycles. The zero-order chi connectivity index (χ0) is 26.8. The van der Waals surface area contributed by atoms with Gasteiger partial charge in [-0.25, -0.2) is 19.6 Å². The minimum absolute atomic E-state index is 0.215. The molecule has 0 saturated carbocycles. The van der Waals surface area contributed by atoms with Gasteiger partial charge in [-0.05, 0) is 49.2 Å². The van der Waals surface area contributed by atoms with Crippen LogP contribution in [0.25, 0.3) is 5.69 Å². The fourth-order valence-corrected chi connectivity index (χ4v) is 3.90. The third-order valence-electron chi connectivity index (χ3n) is 5.26. The lowest BCUT2D eigenvalue weighted by Gasteiger charge is -2.16. The van der Waals surface area contributed by atoms with Crippen LogP contribution in [-0.2, 0) is 22.7 Å². The van der Waals surface area contributed by atoms with Gasteiger partial charge in [-0.2, -0.15) is 0 Å². The van der Waals surface area contributed by atoms with Gasteiger partial charge < -0.3 is 29.6 Å². The number of carboxylic acid groups (broad SMARTS) is 2. The van der Waals surface area contributed by atoms with Crippen LogP contribution in [0.1, 0.15) is 34.8 Å². The van der Waals surface area contributed by atoms with E-state index in [9.17, 15) is 0 Å². The van der Waals surface area contributed by atoms with Crippen LogP contribution in [0.3, 0.4) is 0 Å². The number of carboxylic acids is 2. The maximum atomic E-state index is 9.10. The van der Waals surface area contributed by atoms with Crippen molar-refractivity contribution in [3.05, 3.63) is 88.4 Å². The van der Waals surface area contributed by atoms with Crippen molar-refractivity contribution < 1.29 is 29.3 Å². The Morgan fingerprint density at radius 2 is 1.84 bits per heavy atom. The molecule has 3 N–H and O–H groups in total. The largest absolute Gasteiger partial charge is 0.493 e. The molecule has 0 saturated heterocycles. The molecule has 11 heteroatoms. The minimum atomic E-state index is -1.82. The van der Waals surface area contributed by atoms with Crippen LogP contribution in [-0.4, -0.2) is 43.8 Å². The number of nitrogens with one attached hydrogen (secondary N) is 1. The number of nitrogens with zero attached hydrogens (tertiary/aromatic N) is 3. The summed E-state index contributed by atoms with van der Waals surface area (Å²) in [5.74, 6) is -2.20. The number of carbonyl (C=O) groups is 2. The zero-order valence-electron chi connectivity index (χ0n) is 20.6. The summed E-state index contributed by atoms with van der Waals surface area (Å²) in [6.45, 7) is 5.32. The van der Waals surface area contributed by atoms with Crippen molar-refractivity contribution >= 4 is 23.3 Å². The summed E-state index contributed by atoms with van der Waals surface area (Å²) in [4.78, 5) is 26.7. The predicted molar refractivity (Wildman–Crippen MR) is 138 cm³/mol. The van der Waals surface area contributed by atoms with E-state index in [1.807, 2.05) is 35.2 Å². The molecule has 1 unspecified atom stereocenters. The number of methoxy groups -OCH3 is 1. The monoisotopic (exact) mass is 524 g/mol. The first-order chi connectivity index (χ1) is 17.8. The van der Waals surface area contributed by atoms with E-state index in [-0.39, 0.29) is 6.04 Å². The lowest BCUT2D eigenvalue weighted by atomic mass is 10.1. The number of ether oxygens (including phenoxy) is 2. The molecule has 0 bridgehead atoms. The standard InChI is InChI=1S/C24H26N4O2S.C2H2O4/c1-17(20-5-7-22(8-6-20)28-11-10-25-16-28)26-13-19-4-9-23(24(12-19)29-3)30-14-21-15-31-18(2)27-21;3-1(4)2(5)6/h4-12,15-17,26H,13-14H2,1-3H3;(H,3,4)(H,5,6). The molecule has 0 amide bonds. The van der Waals surface area contributed by atoms with Gasteiger partial charge in [0.25, 0.3) is 0 Å². The van der Waals surface area contributed by atoms with Gasteiger partial charge in [-0.3, -0.25) is 0 Å². The van der Waals surface area contributed by atoms with Crippen molar-refractivity contribution in [1.29, 1.82) is 0 Å². The van der Waals surface area contributed by atoms with Crippen LogP contribution < -0.4 is 14.8 Å². The van der Waals surface area contributed by atoms with Crippen molar-refractivity contribution in [2.75, 3.05) is 7.11 Å². The highest BCUT2D eigenvalue weighted by Crippen LogP contribution is 2.29. The summed E-state index contributed by atoms with van der Waals surface area (Å²) >= 11 is 1.62. The molecule has 4 aromatic rings. The van der Waals surface area contributed by atoms with Crippen molar-refractivity contribution in [2.24, 2.45) is 0 Å². The molecule has 0 aliphatic rings. The summed E-state index contributed by atoms with van der Waals surface area (Å²) < 4.78 is 13.4. The molecule has 10 nitrogen and oxygen atoms in total. The van der Waals surface area contributed by atoms with Crippen molar-refractivity contribution in [1.82, 2.24) is 19.9 Å². The van der Waals surface area contributed by atoms with Gasteiger partial charge in [0, 0.05) is 36.0 Å². The van der Waals surface area contributed by atoms with Gasteiger partial charge in [0.05, 0.1) is 24.1 Å². The third kappa shape index (κ3) is 8.16. The van der Waals surface area contributed by atoms with E-state index in [4.69, 9.17) is 29.3 Å². The Morgan fingerprint density at radius 1 is 1.11 bits per heavy atom. The lowest BCUT2D eigenvalue weighted by Crippen LogP contribution is -2.18. The van der Waals surface area contributed by atoms with Crippen LogP contribution >= 0.6 is 11.3 Å². The number of aryl methyl sites for hydroxylation is 1. The average molecular weight is 525 g/mol. The number of hydrogen-bond donors (Lipinski definition) is 3. The number of aliphatic carboxylic acids is 2. The highest BCUT2D eigenvalue weighted by molar-refractivity contribution is 7.09. The van der Waals surface area contributed by atoms with Crippen LogP contribution in [0, 0.1) is 6.92 Å². The van der Waals surface area contributed by atoms with E-state index >= 15 is 0 Å². The molecule has 194 valence electrons. The molecule has 0 spiro atoms. The second kappa shape index (κ2) is 13.2. The van der Waals surface area contributed by atoms with E-state index in [1.165, 1.54) is 5.56 Å². The molecule has 0 fully saturated rings. The number of benzene rings is 2. The fourth-order valence-electron chi connectivity index (χ4n) is 3.30. The molecule has 37 heavy (non-hydrogen) atoms. The van der Waals surface area contributed by atoms with Crippen molar-refractivity contribution in [3.63, 3.8) is 0 Å². The van der Waals surface area contributed by atoms with E-state index in [0.29, 0.717) is 6.61 Å². The first kappa shape index (κ1) is 27.4. The predicted octanol–water partition coefficient (Wildman–Crippen LogP) is 4.23. The third-order valence-corrected chi connectivity index (χ3v) is 6.08. The van der Waals surface area contributed by atoms with Crippen LogP contribution in [0.5, 0.6) is 11.5 Å². The van der Waals surface area contributed by atoms with E-state index in [2.05, 4.69) is 52.5 Å². The smallest absolute Gasteiger partial charge is 0.414 e. The molecule has 4 rings (SSSR count). The van der Waals surface area contributed by atoms with Crippen LogP contribution in [0.15, 0.2) is 66.6 Å². The van der Waals surface area contributed by atoms with Gasteiger partial charge in [0.15, 0.2) is 11.5 Å². The highest BCUT2D eigenvalue weighted by atomic mass is 32.1. The van der Waals surface area contributed by atoms with Crippen LogP contribution in [0.4, 0.5) is 0 Å². The quantitative estimate of drug-likeness (QED) is 0.275. The second-order valence-electron chi connectivity index (χ2n) is 7.91. The normalized spacial score (nSPS) is 11.2.